The number of nitrogen functional groups attached to an aromatic ring is 1. The number of aromatic nitrogens is 1. The van der Waals surface area contributed by atoms with Gasteiger partial charge in [-0.3, -0.25) is 5.32 Å². The SMILES string of the molecule is C[C@@H](NC(=O)Nc1cc(N)c(C(=N)C2CC2)c(CO)n1)c1ccccc1. The molecule has 26 heavy (non-hydrogen) atoms. The van der Waals surface area contributed by atoms with Crippen molar-refractivity contribution < 1.29 is 9.90 Å². The molecule has 1 atom stereocenters. The maximum Gasteiger partial charge on any atom is 0.320 e. The smallest absolute Gasteiger partial charge is 0.320 e. The molecule has 7 heteroatoms. The summed E-state index contributed by atoms with van der Waals surface area (Å²) in [5.41, 5.74) is 8.60. The zero-order valence-electron chi connectivity index (χ0n) is 14.6. The molecular formula is C19H23N5O2. The van der Waals surface area contributed by atoms with Crippen LogP contribution in [0.2, 0.25) is 0 Å². The van der Waals surface area contributed by atoms with E-state index in [2.05, 4.69) is 15.6 Å². The molecule has 1 fully saturated rings. The van der Waals surface area contributed by atoms with Gasteiger partial charge in [0.2, 0.25) is 0 Å². The highest BCUT2D eigenvalue weighted by atomic mass is 16.3. The predicted molar refractivity (Wildman–Crippen MR) is 101 cm³/mol. The van der Waals surface area contributed by atoms with E-state index in [0.717, 1.165) is 18.4 Å². The van der Waals surface area contributed by atoms with Gasteiger partial charge in [-0.25, -0.2) is 9.78 Å². The summed E-state index contributed by atoms with van der Waals surface area (Å²) in [4.78, 5) is 16.5. The van der Waals surface area contributed by atoms with Crippen molar-refractivity contribution in [1.29, 1.82) is 5.41 Å². The van der Waals surface area contributed by atoms with E-state index in [1.807, 2.05) is 37.3 Å². The Balaban J connectivity index is 1.72. The molecule has 0 radical (unpaired) electrons. The van der Waals surface area contributed by atoms with Gasteiger partial charge in [0.05, 0.1) is 18.3 Å². The Morgan fingerprint density at radius 3 is 2.69 bits per heavy atom. The number of nitrogens with one attached hydrogen (secondary N) is 3. The van der Waals surface area contributed by atoms with Gasteiger partial charge < -0.3 is 21.6 Å². The molecule has 0 unspecified atom stereocenters. The van der Waals surface area contributed by atoms with Crippen LogP contribution in [0, 0.1) is 11.3 Å². The van der Waals surface area contributed by atoms with Gasteiger partial charge in [0.1, 0.15) is 5.82 Å². The van der Waals surface area contributed by atoms with Crippen molar-refractivity contribution in [3.05, 3.63) is 53.2 Å². The number of aliphatic hydroxyl groups is 1. The van der Waals surface area contributed by atoms with Crippen LogP contribution in [0.1, 0.15) is 42.6 Å². The lowest BCUT2D eigenvalue weighted by atomic mass is 10.0. The number of anilines is 2. The molecule has 2 aromatic rings. The van der Waals surface area contributed by atoms with Crippen LogP contribution in [0.4, 0.5) is 16.3 Å². The van der Waals surface area contributed by atoms with Crippen LogP contribution in [-0.4, -0.2) is 21.8 Å². The van der Waals surface area contributed by atoms with E-state index >= 15 is 0 Å². The van der Waals surface area contributed by atoms with E-state index in [4.69, 9.17) is 11.1 Å². The van der Waals surface area contributed by atoms with Crippen LogP contribution >= 0.6 is 0 Å². The maximum absolute atomic E-state index is 12.2. The monoisotopic (exact) mass is 353 g/mol. The summed E-state index contributed by atoms with van der Waals surface area (Å²) in [7, 11) is 0. The Morgan fingerprint density at radius 2 is 2.08 bits per heavy atom. The Kier molecular flexibility index (Phi) is 5.18. The molecule has 6 N–H and O–H groups in total. The minimum atomic E-state index is -0.415. The number of nitrogens with two attached hydrogens (primary N) is 1. The molecule has 0 bridgehead atoms. The summed E-state index contributed by atoms with van der Waals surface area (Å²) in [6, 6.07) is 10.5. The van der Waals surface area contributed by atoms with Gasteiger partial charge in [-0.2, -0.15) is 0 Å². The second-order valence-electron chi connectivity index (χ2n) is 6.50. The van der Waals surface area contributed by atoms with Crippen LogP contribution in [-0.2, 0) is 6.61 Å². The highest BCUT2D eigenvalue weighted by Gasteiger charge is 2.30. The summed E-state index contributed by atoms with van der Waals surface area (Å²) < 4.78 is 0. The lowest BCUT2D eigenvalue weighted by Gasteiger charge is -2.16. The summed E-state index contributed by atoms with van der Waals surface area (Å²) in [6.45, 7) is 1.54. The van der Waals surface area contributed by atoms with Crippen LogP contribution in [0.5, 0.6) is 0 Å². The first-order valence-corrected chi connectivity index (χ1v) is 8.61. The molecule has 7 nitrogen and oxygen atoms in total. The normalized spacial score (nSPS) is 14.5. The number of hydrogen-bond acceptors (Lipinski definition) is 5. The van der Waals surface area contributed by atoms with E-state index in [0.29, 0.717) is 22.7 Å². The van der Waals surface area contributed by atoms with Gasteiger partial charge in [-0.05, 0) is 25.3 Å². The average molecular weight is 353 g/mol. The highest BCUT2D eigenvalue weighted by molar-refractivity contribution is 6.06. The van der Waals surface area contributed by atoms with Crippen molar-refractivity contribution in [1.82, 2.24) is 10.3 Å². The number of rotatable bonds is 6. The van der Waals surface area contributed by atoms with Gasteiger partial charge in [0.25, 0.3) is 0 Å². The number of urea groups is 1. The Morgan fingerprint density at radius 1 is 1.38 bits per heavy atom. The van der Waals surface area contributed by atoms with Crippen molar-refractivity contribution in [3.63, 3.8) is 0 Å². The Bertz CT molecular complexity index is 818. The second-order valence-corrected chi connectivity index (χ2v) is 6.50. The molecule has 1 aromatic heterocycles. The number of carbonyl (C=O) groups is 1. The minimum absolute atomic E-state index is 0.173. The second kappa shape index (κ2) is 7.53. The molecular weight excluding hydrogens is 330 g/mol. The van der Waals surface area contributed by atoms with Crippen LogP contribution in [0.3, 0.4) is 0 Å². The van der Waals surface area contributed by atoms with E-state index in [1.54, 1.807) is 0 Å². The molecule has 0 aliphatic heterocycles. The lowest BCUT2D eigenvalue weighted by Crippen LogP contribution is -2.31. The molecule has 0 spiro atoms. The first-order valence-electron chi connectivity index (χ1n) is 8.61. The number of benzene rings is 1. The number of hydrogen-bond donors (Lipinski definition) is 5. The molecule has 0 saturated heterocycles. The van der Waals surface area contributed by atoms with Gasteiger partial charge in [-0.15, -0.1) is 0 Å². The Labute approximate surface area is 152 Å². The van der Waals surface area contributed by atoms with Gasteiger partial charge in [-0.1, -0.05) is 30.3 Å². The lowest BCUT2D eigenvalue weighted by molar-refractivity contribution is 0.249. The average Bonchev–Trinajstić information content (AvgIpc) is 3.46. The Hall–Kier alpha value is -2.93. The summed E-state index contributed by atoms with van der Waals surface area (Å²) in [6.07, 6.45) is 1.92. The zero-order chi connectivity index (χ0) is 18.7. The van der Waals surface area contributed by atoms with Crippen LogP contribution < -0.4 is 16.4 Å². The first kappa shape index (κ1) is 17.9. The van der Waals surface area contributed by atoms with Crippen molar-refractivity contribution >= 4 is 23.2 Å². The van der Waals surface area contributed by atoms with Crippen LogP contribution in [0.15, 0.2) is 36.4 Å². The molecule has 1 heterocycles. The zero-order valence-corrected chi connectivity index (χ0v) is 14.6. The van der Waals surface area contributed by atoms with E-state index in [-0.39, 0.29) is 24.4 Å². The fourth-order valence-corrected chi connectivity index (χ4v) is 2.86. The summed E-state index contributed by atoms with van der Waals surface area (Å²) >= 11 is 0. The maximum atomic E-state index is 12.2. The first-order chi connectivity index (χ1) is 12.5. The third kappa shape index (κ3) is 4.00. The van der Waals surface area contributed by atoms with E-state index in [9.17, 15) is 9.90 Å². The molecule has 1 aliphatic carbocycles. The number of nitrogens with zero attached hydrogens (tertiary/aromatic N) is 1. The van der Waals surface area contributed by atoms with Crippen molar-refractivity contribution in [2.75, 3.05) is 11.1 Å². The number of amides is 2. The molecule has 136 valence electrons. The molecule has 1 aromatic carbocycles. The van der Waals surface area contributed by atoms with E-state index in [1.165, 1.54) is 6.07 Å². The predicted octanol–water partition coefficient (Wildman–Crippen LogP) is 2.82. The standard InChI is InChI=1S/C19H23N5O2/c1-11(12-5-3-2-4-6-12)22-19(26)24-16-9-14(20)17(15(10-25)23-16)18(21)13-7-8-13/h2-6,9,11,13,21,25H,7-8,10H2,1H3,(H4,20,22,23,24,26)/t11-/m1/s1. The molecule has 2 amide bonds. The van der Waals surface area contributed by atoms with Crippen molar-refractivity contribution in [2.45, 2.75) is 32.4 Å². The van der Waals surface area contributed by atoms with E-state index < -0.39 is 6.03 Å². The largest absolute Gasteiger partial charge is 0.398 e. The summed E-state index contributed by atoms with van der Waals surface area (Å²) in [5.74, 6) is 0.440. The molecule has 1 saturated carbocycles. The van der Waals surface area contributed by atoms with Crippen molar-refractivity contribution in [2.24, 2.45) is 5.92 Å². The number of carbonyl (C=O) groups excluding carboxylic acids is 1. The van der Waals surface area contributed by atoms with Gasteiger partial charge >= 0.3 is 6.03 Å². The number of pyridine rings is 1. The summed E-state index contributed by atoms with van der Waals surface area (Å²) in [5, 5.41) is 23.3. The third-order valence-electron chi connectivity index (χ3n) is 4.42. The minimum Gasteiger partial charge on any atom is -0.398 e. The number of aliphatic hydroxyl groups excluding tert-OH is 1. The highest BCUT2D eigenvalue weighted by Crippen LogP contribution is 2.35. The van der Waals surface area contributed by atoms with Crippen LogP contribution in [0.25, 0.3) is 0 Å². The topological polar surface area (TPSA) is 124 Å². The van der Waals surface area contributed by atoms with Crippen molar-refractivity contribution in [3.8, 4) is 0 Å². The van der Waals surface area contributed by atoms with Gasteiger partial charge in [0, 0.05) is 28.9 Å². The third-order valence-corrected chi connectivity index (χ3v) is 4.42. The quantitative estimate of drug-likeness (QED) is 0.512. The molecule has 3 rings (SSSR count). The molecule has 1 aliphatic rings. The fourth-order valence-electron chi connectivity index (χ4n) is 2.86. The van der Waals surface area contributed by atoms with Gasteiger partial charge in [0.15, 0.2) is 0 Å². The fraction of sp³-hybridized carbons (Fsp3) is 0.316.